The molecule has 0 spiro atoms. The summed E-state index contributed by atoms with van der Waals surface area (Å²) in [7, 11) is 1.40. The van der Waals surface area contributed by atoms with Crippen molar-refractivity contribution in [3.05, 3.63) is 29.3 Å². The quantitative estimate of drug-likeness (QED) is 0.868. The van der Waals surface area contributed by atoms with Crippen LogP contribution in [0.2, 0.25) is 5.28 Å². The molecule has 0 bridgehead atoms. The number of rotatable bonds is 4. The second-order valence-corrected chi connectivity index (χ2v) is 4.56. The van der Waals surface area contributed by atoms with Gasteiger partial charge in [-0.3, -0.25) is 0 Å². The minimum absolute atomic E-state index is 0.0122. The third-order valence-corrected chi connectivity index (χ3v) is 2.51. The highest BCUT2D eigenvalue weighted by Crippen LogP contribution is 2.24. The van der Waals surface area contributed by atoms with Crippen LogP contribution in [-0.2, 0) is 0 Å². The third-order valence-electron chi connectivity index (χ3n) is 2.34. The SMILES string of the molecule is COc1ccc(-c2nc(Cl)nc(OC(C)C)n2)cc1F. The Bertz CT molecular complexity index is 623. The summed E-state index contributed by atoms with van der Waals surface area (Å²) in [6.45, 7) is 3.68. The largest absolute Gasteiger partial charge is 0.494 e. The fourth-order valence-electron chi connectivity index (χ4n) is 1.53. The van der Waals surface area contributed by atoms with Crippen molar-refractivity contribution < 1.29 is 13.9 Å². The van der Waals surface area contributed by atoms with Crippen LogP contribution in [-0.4, -0.2) is 28.2 Å². The molecule has 0 aliphatic carbocycles. The van der Waals surface area contributed by atoms with E-state index in [2.05, 4.69) is 15.0 Å². The first kappa shape index (κ1) is 14.5. The Labute approximate surface area is 120 Å². The van der Waals surface area contributed by atoms with Crippen molar-refractivity contribution in [3.8, 4) is 23.1 Å². The molecule has 0 saturated heterocycles. The molecule has 2 aromatic rings. The monoisotopic (exact) mass is 297 g/mol. The van der Waals surface area contributed by atoms with Gasteiger partial charge in [-0.25, -0.2) is 4.39 Å². The highest BCUT2D eigenvalue weighted by atomic mass is 35.5. The van der Waals surface area contributed by atoms with Crippen molar-refractivity contribution in [2.75, 3.05) is 7.11 Å². The molecule has 7 heteroatoms. The van der Waals surface area contributed by atoms with E-state index in [0.29, 0.717) is 5.56 Å². The van der Waals surface area contributed by atoms with Gasteiger partial charge in [-0.2, -0.15) is 15.0 Å². The van der Waals surface area contributed by atoms with Gasteiger partial charge >= 0.3 is 6.01 Å². The number of aromatic nitrogens is 3. The molecule has 1 aromatic carbocycles. The number of ether oxygens (including phenoxy) is 2. The fraction of sp³-hybridized carbons (Fsp3) is 0.308. The molecular formula is C13H13ClFN3O2. The van der Waals surface area contributed by atoms with Crippen LogP contribution < -0.4 is 9.47 Å². The molecule has 0 fully saturated rings. The Hall–Kier alpha value is -1.95. The first-order valence-corrected chi connectivity index (χ1v) is 6.29. The van der Waals surface area contributed by atoms with Crippen molar-refractivity contribution >= 4 is 11.6 Å². The highest BCUT2D eigenvalue weighted by Gasteiger charge is 2.12. The van der Waals surface area contributed by atoms with Crippen LogP contribution in [0.25, 0.3) is 11.4 Å². The molecular weight excluding hydrogens is 285 g/mol. The van der Waals surface area contributed by atoms with Gasteiger partial charge < -0.3 is 9.47 Å². The van der Waals surface area contributed by atoms with Crippen LogP contribution in [0.4, 0.5) is 4.39 Å². The van der Waals surface area contributed by atoms with Crippen LogP contribution in [0.15, 0.2) is 18.2 Å². The van der Waals surface area contributed by atoms with E-state index in [1.807, 2.05) is 13.8 Å². The van der Waals surface area contributed by atoms with Crippen molar-refractivity contribution in [1.82, 2.24) is 15.0 Å². The molecule has 0 atom stereocenters. The van der Waals surface area contributed by atoms with Crippen LogP contribution in [0.1, 0.15) is 13.8 Å². The lowest BCUT2D eigenvalue weighted by molar-refractivity contribution is 0.222. The van der Waals surface area contributed by atoms with Crippen LogP contribution in [0.3, 0.4) is 0 Å². The molecule has 2 rings (SSSR count). The van der Waals surface area contributed by atoms with Gasteiger partial charge in [0.1, 0.15) is 0 Å². The molecule has 20 heavy (non-hydrogen) atoms. The predicted octanol–water partition coefficient (Wildman–Crippen LogP) is 3.13. The average molecular weight is 298 g/mol. The molecule has 0 aliphatic heterocycles. The Morgan fingerprint density at radius 1 is 1.20 bits per heavy atom. The van der Waals surface area contributed by atoms with Crippen molar-refractivity contribution in [1.29, 1.82) is 0 Å². The molecule has 0 amide bonds. The number of benzene rings is 1. The third kappa shape index (κ3) is 3.33. The molecule has 1 aromatic heterocycles. The van der Waals surface area contributed by atoms with E-state index < -0.39 is 5.82 Å². The molecule has 0 saturated carbocycles. The molecule has 0 N–H and O–H groups in total. The summed E-state index contributed by atoms with van der Waals surface area (Å²) in [5.41, 5.74) is 0.459. The van der Waals surface area contributed by atoms with Gasteiger partial charge in [-0.15, -0.1) is 0 Å². The van der Waals surface area contributed by atoms with Crippen molar-refractivity contribution in [3.63, 3.8) is 0 Å². The zero-order valence-electron chi connectivity index (χ0n) is 11.2. The lowest BCUT2D eigenvalue weighted by Gasteiger charge is -2.09. The van der Waals surface area contributed by atoms with E-state index in [1.54, 1.807) is 6.07 Å². The van der Waals surface area contributed by atoms with Crippen LogP contribution in [0.5, 0.6) is 11.8 Å². The topological polar surface area (TPSA) is 57.1 Å². The molecule has 1 heterocycles. The Kier molecular flexibility index (Phi) is 4.34. The van der Waals surface area contributed by atoms with Gasteiger partial charge in [-0.05, 0) is 43.6 Å². The first-order valence-electron chi connectivity index (χ1n) is 5.91. The first-order chi connectivity index (χ1) is 9.49. The van der Waals surface area contributed by atoms with E-state index in [9.17, 15) is 4.39 Å². The number of methoxy groups -OCH3 is 1. The zero-order chi connectivity index (χ0) is 14.7. The summed E-state index contributed by atoms with van der Waals surface area (Å²) < 4.78 is 23.9. The Balaban J connectivity index is 2.41. The molecule has 0 aliphatic rings. The standard InChI is InChI=1S/C13H13ClFN3O2/c1-7(2)20-13-17-11(16-12(14)18-13)8-4-5-10(19-3)9(15)6-8/h4-7H,1-3H3. The lowest BCUT2D eigenvalue weighted by Crippen LogP contribution is -2.09. The van der Waals surface area contributed by atoms with E-state index in [-0.39, 0.29) is 29.0 Å². The van der Waals surface area contributed by atoms with E-state index in [1.165, 1.54) is 19.2 Å². The van der Waals surface area contributed by atoms with Gasteiger partial charge in [0.15, 0.2) is 17.4 Å². The Morgan fingerprint density at radius 2 is 1.95 bits per heavy atom. The van der Waals surface area contributed by atoms with Crippen molar-refractivity contribution in [2.45, 2.75) is 20.0 Å². The van der Waals surface area contributed by atoms with E-state index in [4.69, 9.17) is 21.1 Å². The van der Waals surface area contributed by atoms with Gasteiger partial charge in [-0.1, -0.05) is 0 Å². The van der Waals surface area contributed by atoms with Gasteiger partial charge in [0.05, 0.1) is 13.2 Å². The summed E-state index contributed by atoms with van der Waals surface area (Å²) in [5.74, 6) is -0.123. The second kappa shape index (κ2) is 6.00. The van der Waals surface area contributed by atoms with E-state index in [0.717, 1.165) is 0 Å². The normalized spacial score (nSPS) is 10.7. The maximum absolute atomic E-state index is 13.7. The van der Waals surface area contributed by atoms with E-state index >= 15 is 0 Å². The van der Waals surface area contributed by atoms with Gasteiger partial charge in [0, 0.05) is 5.56 Å². The maximum atomic E-state index is 13.7. The molecule has 0 unspecified atom stereocenters. The highest BCUT2D eigenvalue weighted by molar-refractivity contribution is 6.28. The fourth-order valence-corrected chi connectivity index (χ4v) is 1.68. The number of halogens is 2. The number of nitrogens with zero attached hydrogens (tertiary/aromatic N) is 3. The number of hydrogen-bond acceptors (Lipinski definition) is 5. The maximum Gasteiger partial charge on any atom is 0.321 e. The minimum atomic E-state index is -0.507. The minimum Gasteiger partial charge on any atom is -0.494 e. The Morgan fingerprint density at radius 3 is 2.55 bits per heavy atom. The molecule has 106 valence electrons. The number of hydrogen-bond donors (Lipinski definition) is 0. The average Bonchev–Trinajstić information content (AvgIpc) is 2.37. The molecule has 5 nitrogen and oxygen atoms in total. The smallest absolute Gasteiger partial charge is 0.321 e. The predicted molar refractivity (Wildman–Crippen MR) is 72.5 cm³/mol. The lowest BCUT2D eigenvalue weighted by atomic mass is 10.2. The van der Waals surface area contributed by atoms with Crippen molar-refractivity contribution in [2.24, 2.45) is 0 Å². The van der Waals surface area contributed by atoms with Crippen LogP contribution >= 0.6 is 11.6 Å². The summed E-state index contributed by atoms with van der Waals surface area (Å²) in [5, 5.41) is -0.0122. The summed E-state index contributed by atoms with van der Waals surface area (Å²) in [6.07, 6.45) is -0.103. The summed E-state index contributed by atoms with van der Waals surface area (Å²) in [4.78, 5) is 11.9. The second-order valence-electron chi connectivity index (χ2n) is 4.23. The molecule has 0 radical (unpaired) electrons. The summed E-state index contributed by atoms with van der Waals surface area (Å²) >= 11 is 5.82. The van der Waals surface area contributed by atoms with Crippen LogP contribution in [0, 0.1) is 5.82 Å². The van der Waals surface area contributed by atoms with Gasteiger partial charge in [0.25, 0.3) is 0 Å². The summed E-state index contributed by atoms with van der Waals surface area (Å²) in [6, 6.07) is 4.49. The van der Waals surface area contributed by atoms with Gasteiger partial charge in [0.2, 0.25) is 5.28 Å². The zero-order valence-corrected chi connectivity index (χ0v) is 12.0.